The van der Waals surface area contributed by atoms with E-state index in [9.17, 15) is 0 Å². The molecule has 2 aromatic carbocycles. The van der Waals surface area contributed by atoms with Crippen LogP contribution in [0.1, 0.15) is 28.9 Å². The second kappa shape index (κ2) is 6.41. The van der Waals surface area contributed by atoms with Crippen molar-refractivity contribution in [3.8, 4) is 5.69 Å². The molecule has 0 unspecified atom stereocenters. The van der Waals surface area contributed by atoms with E-state index in [-0.39, 0.29) is 0 Å². The highest BCUT2D eigenvalue weighted by Gasteiger charge is 2.26. The number of para-hydroxylation sites is 1. The average Bonchev–Trinajstić information content (AvgIpc) is 2.93. The van der Waals surface area contributed by atoms with Crippen LogP contribution >= 0.6 is 0 Å². The van der Waals surface area contributed by atoms with E-state index in [1.807, 2.05) is 29.4 Å². The van der Waals surface area contributed by atoms with Gasteiger partial charge in [0.25, 0.3) is 0 Å². The van der Waals surface area contributed by atoms with Crippen molar-refractivity contribution in [2.24, 2.45) is 5.10 Å². The second-order valence-corrected chi connectivity index (χ2v) is 7.49. The van der Waals surface area contributed by atoms with E-state index in [1.165, 1.54) is 34.7 Å². The molecule has 1 fully saturated rings. The quantitative estimate of drug-likeness (QED) is 0.640. The molecule has 1 saturated heterocycles. The number of nitrogens with zero attached hydrogens (tertiary/aromatic N) is 4. The third kappa shape index (κ3) is 2.48. The van der Waals surface area contributed by atoms with Gasteiger partial charge in [0, 0.05) is 47.0 Å². The van der Waals surface area contributed by atoms with Gasteiger partial charge in [0.1, 0.15) is 0 Å². The highest BCUT2D eigenvalue weighted by molar-refractivity contribution is 5.98. The molecule has 0 aliphatic carbocycles. The van der Waals surface area contributed by atoms with E-state index in [0.717, 1.165) is 30.0 Å². The Morgan fingerprint density at radius 3 is 2.29 bits per heavy atom. The Morgan fingerprint density at radius 2 is 1.57 bits per heavy atom. The van der Waals surface area contributed by atoms with Gasteiger partial charge in [-0.15, -0.1) is 0 Å². The fraction of sp³-hybridized carbons (Fsp3) is 0.208. The van der Waals surface area contributed by atoms with Crippen molar-refractivity contribution in [1.82, 2.24) is 4.57 Å². The van der Waals surface area contributed by atoms with Gasteiger partial charge in [-0.1, -0.05) is 30.8 Å². The van der Waals surface area contributed by atoms with Crippen molar-refractivity contribution in [2.75, 3.05) is 23.0 Å². The number of benzene rings is 2. The van der Waals surface area contributed by atoms with Crippen LogP contribution in [0.3, 0.4) is 0 Å². The molecule has 28 heavy (non-hydrogen) atoms. The molecular weight excluding hydrogens is 344 g/mol. The first-order valence-electron chi connectivity index (χ1n) is 9.81. The predicted molar refractivity (Wildman–Crippen MR) is 118 cm³/mol. The summed E-state index contributed by atoms with van der Waals surface area (Å²) in [5.74, 6) is 0. The van der Waals surface area contributed by atoms with Gasteiger partial charge in [-0.25, -0.2) is 5.01 Å². The first-order chi connectivity index (χ1) is 13.6. The van der Waals surface area contributed by atoms with Crippen LogP contribution in [-0.4, -0.2) is 23.9 Å². The molecule has 3 aromatic rings. The standard InChI is InChI=1S/C24H24N4/c1-17-23-16-25-28(20-9-5-4-6-10-20)19(3)24(23)18(2)27(17)22-12-7-11-21(15-22)26-13-8-14-26/h4-7,9-12,15-16H,3,8,13-14H2,1-2H3. The average molecular weight is 368 g/mol. The summed E-state index contributed by atoms with van der Waals surface area (Å²) in [6.45, 7) is 11.0. The molecule has 5 rings (SSSR count). The van der Waals surface area contributed by atoms with Crippen molar-refractivity contribution >= 4 is 23.3 Å². The molecule has 4 heteroatoms. The molecular formula is C24H24N4. The Kier molecular flexibility index (Phi) is 3.86. The molecule has 4 nitrogen and oxygen atoms in total. The topological polar surface area (TPSA) is 23.8 Å². The number of rotatable bonds is 3. The van der Waals surface area contributed by atoms with E-state index in [1.54, 1.807) is 0 Å². The first-order valence-corrected chi connectivity index (χ1v) is 9.81. The molecule has 0 saturated carbocycles. The number of anilines is 2. The number of hydrazone groups is 1. The zero-order valence-electron chi connectivity index (χ0n) is 16.4. The third-order valence-corrected chi connectivity index (χ3v) is 5.85. The lowest BCUT2D eigenvalue weighted by Gasteiger charge is -2.33. The van der Waals surface area contributed by atoms with Gasteiger partial charge in [0.15, 0.2) is 0 Å². The van der Waals surface area contributed by atoms with Gasteiger partial charge in [-0.05, 0) is 50.6 Å². The molecule has 0 bridgehead atoms. The summed E-state index contributed by atoms with van der Waals surface area (Å²) >= 11 is 0. The summed E-state index contributed by atoms with van der Waals surface area (Å²) in [5, 5.41) is 6.61. The highest BCUT2D eigenvalue weighted by atomic mass is 15.5. The predicted octanol–water partition coefficient (Wildman–Crippen LogP) is 5.13. The van der Waals surface area contributed by atoms with Crippen LogP contribution in [0.5, 0.6) is 0 Å². The van der Waals surface area contributed by atoms with Crippen LogP contribution < -0.4 is 9.91 Å². The first kappa shape index (κ1) is 16.9. The fourth-order valence-corrected chi connectivity index (χ4v) is 4.26. The number of fused-ring (bicyclic) bond motifs is 1. The van der Waals surface area contributed by atoms with Gasteiger partial charge in [-0.2, -0.15) is 5.10 Å². The van der Waals surface area contributed by atoms with E-state index in [4.69, 9.17) is 0 Å². The summed E-state index contributed by atoms with van der Waals surface area (Å²) in [6.07, 6.45) is 3.25. The minimum Gasteiger partial charge on any atom is -0.371 e. The minimum atomic E-state index is 0.918. The van der Waals surface area contributed by atoms with Crippen LogP contribution in [0.25, 0.3) is 11.4 Å². The zero-order chi connectivity index (χ0) is 19.3. The van der Waals surface area contributed by atoms with Crippen molar-refractivity contribution in [2.45, 2.75) is 20.3 Å². The molecule has 0 radical (unpaired) electrons. The number of aromatic nitrogens is 1. The molecule has 2 aliphatic rings. The van der Waals surface area contributed by atoms with Crippen LogP contribution in [0.15, 0.2) is 66.3 Å². The fourth-order valence-electron chi connectivity index (χ4n) is 4.26. The summed E-state index contributed by atoms with van der Waals surface area (Å²) in [6, 6.07) is 19.0. The molecule has 0 N–H and O–H groups in total. The summed E-state index contributed by atoms with van der Waals surface area (Å²) in [4.78, 5) is 2.43. The van der Waals surface area contributed by atoms with Crippen molar-refractivity contribution in [1.29, 1.82) is 0 Å². The van der Waals surface area contributed by atoms with Gasteiger partial charge in [0.05, 0.1) is 17.6 Å². The Hall–Kier alpha value is -3.27. The van der Waals surface area contributed by atoms with Crippen LogP contribution in [-0.2, 0) is 0 Å². The normalized spacial score (nSPS) is 15.6. The lowest BCUT2D eigenvalue weighted by Crippen LogP contribution is -2.36. The molecule has 0 atom stereocenters. The maximum Gasteiger partial charge on any atom is 0.0678 e. The number of hydrogen-bond donors (Lipinski definition) is 0. The van der Waals surface area contributed by atoms with Crippen LogP contribution in [0.4, 0.5) is 11.4 Å². The lowest BCUT2D eigenvalue weighted by atomic mass is 10.1. The van der Waals surface area contributed by atoms with Crippen molar-refractivity contribution in [3.63, 3.8) is 0 Å². The maximum atomic E-state index is 4.69. The Morgan fingerprint density at radius 1 is 0.857 bits per heavy atom. The molecule has 2 aliphatic heterocycles. The van der Waals surface area contributed by atoms with Gasteiger partial charge >= 0.3 is 0 Å². The monoisotopic (exact) mass is 368 g/mol. The highest BCUT2D eigenvalue weighted by Crippen LogP contribution is 2.37. The second-order valence-electron chi connectivity index (χ2n) is 7.49. The molecule has 140 valence electrons. The van der Waals surface area contributed by atoms with Crippen molar-refractivity contribution < 1.29 is 0 Å². The Labute approximate surface area is 166 Å². The zero-order valence-corrected chi connectivity index (χ0v) is 16.4. The summed E-state index contributed by atoms with van der Waals surface area (Å²) in [5.41, 5.74) is 9.17. The van der Waals surface area contributed by atoms with Gasteiger partial charge in [0.2, 0.25) is 0 Å². The minimum absolute atomic E-state index is 0.918. The molecule has 1 aromatic heterocycles. The summed E-state index contributed by atoms with van der Waals surface area (Å²) in [7, 11) is 0. The van der Waals surface area contributed by atoms with E-state index in [2.05, 4.69) is 71.4 Å². The molecule has 3 heterocycles. The largest absolute Gasteiger partial charge is 0.371 e. The van der Waals surface area contributed by atoms with Gasteiger partial charge < -0.3 is 9.47 Å². The van der Waals surface area contributed by atoms with Gasteiger partial charge in [-0.3, -0.25) is 0 Å². The van der Waals surface area contributed by atoms with Crippen LogP contribution in [0, 0.1) is 13.8 Å². The smallest absolute Gasteiger partial charge is 0.0678 e. The van der Waals surface area contributed by atoms with Crippen molar-refractivity contribution in [3.05, 3.63) is 83.7 Å². The number of hydrogen-bond acceptors (Lipinski definition) is 3. The van der Waals surface area contributed by atoms with Crippen LogP contribution in [0.2, 0.25) is 0 Å². The molecule has 0 spiro atoms. The molecule has 0 amide bonds. The third-order valence-electron chi connectivity index (χ3n) is 5.85. The van der Waals surface area contributed by atoms with E-state index in [0.29, 0.717) is 0 Å². The van der Waals surface area contributed by atoms with E-state index < -0.39 is 0 Å². The Bertz CT molecular complexity index is 1090. The summed E-state index contributed by atoms with van der Waals surface area (Å²) < 4.78 is 2.33. The maximum absolute atomic E-state index is 4.69. The Balaban J connectivity index is 1.59. The van der Waals surface area contributed by atoms with E-state index >= 15 is 0 Å². The lowest BCUT2D eigenvalue weighted by molar-refractivity contribution is 0.617. The SMILES string of the molecule is C=C1c2c(c(C)n(-c3cccc(N4CCC4)c3)c2C)C=NN1c1ccccc1.